The van der Waals surface area contributed by atoms with Crippen LogP contribution in [0, 0.1) is 12.8 Å². The van der Waals surface area contributed by atoms with Crippen molar-refractivity contribution in [1.29, 1.82) is 0 Å². The molecule has 0 amide bonds. The molecule has 4 heteroatoms. The van der Waals surface area contributed by atoms with Crippen molar-refractivity contribution in [2.24, 2.45) is 5.92 Å². The van der Waals surface area contributed by atoms with E-state index in [-0.39, 0.29) is 0 Å². The number of rotatable bonds is 1. The van der Waals surface area contributed by atoms with Gasteiger partial charge in [-0.1, -0.05) is 12.1 Å². The van der Waals surface area contributed by atoms with Crippen molar-refractivity contribution in [3.05, 3.63) is 11.7 Å². The highest BCUT2D eigenvalue weighted by Gasteiger charge is 2.27. The predicted octanol–water partition coefficient (Wildman–Crippen LogP) is 1.09. The summed E-state index contributed by atoms with van der Waals surface area (Å²) in [6, 6.07) is 0. The second kappa shape index (κ2) is 3.46. The van der Waals surface area contributed by atoms with Gasteiger partial charge < -0.3 is 9.84 Å². The Balaban J connectivity index is 2.14. The molecule has 1 aromatic heterocycles. The standard InChI is InChI=1S/C9H15N3O/c1-6-3-4-10-5-8(6)9-11-7(2)12-13-9/h6,8,10H,3-5H2,1-2H3. The highest BCUT2D eigenvalue weighted by atomic mass is 16.5. The highest BCUT2D eigenvalue weighted by molar-refractivity contribution is 4.98. The van der Waals surface area contributed by atoms with Crippen molar-refractivity contribution in [1.82, 2.24) is 15.5 Å². The van der Waals surface area contributed by atoms with Crippen LogP contribution >= 0.6 is 0 Å². The summed E-state index contributed by atoms with van der Waals surface area (Å²) in [5.41, 5.74) is 0. The van der Waals surface area contributed by atoms with E-state index in [1.165, 1.54) is 6.42 Å². The zero-order valence-corrected chi connectivity index (χ0v) is 8.08. The predicted molar refractivity (Wildman–Crippen MR) is 48.4 cm³/mol. The molecule has 1 aliphatic heterocycles. The molecule has 4 nitrogen and oxygen atoms in total. The van der Waals surface area contributed by atoms with Crippen LogP contribution in [0.2, 0.25) is 0 Å². The molecule has 0 radical (unpaired) electrons. The van der Waals surface area contributed by atoms with E-state index in [4.69, 9.17) is 4.52 Å². The topological polar surface area (TPSA) is 51.0 Å². The Morgan fingerprint density at radius 3 is 3.00 bits per heavy atom. The van der Waals surface area contributed by atoms with Gasteiger partial charge in [0, 0.05) is 6.54 Å². The summed E-state index contributed by atoms with van der Waals surface area (Å²) in [5, 5.41) is 7.16. The first-order valence-electron chi connectivity index (χ1n) is 4.78. The molecule has 1 aromatic rings. The van der Waals surface area contributed by atoms with Crippen molar-refractivity contribution in [2.45, 2.75) is 26.2 Å². The van der Waals surface area contributed by atoms with Crippen LogP contribution in [0.4, 0.5) is 0 Å². The minimum atomic E-state index is 0.398. The zero-order valence-electron chi connectivity index (χ0n) is 8.08. The van der Waals surface area contributed by atoms with Gasteiger partial charge in [0.15, 0.2) is 5.82 Å². The Labute approximate surface area is 77.7 Å². The number of hydrogen-bond acceptors (Lipinski definition) is 4. The zero-order chi connectivity index (χ0) is 9.26. The molecule has 0 saturated carbocycles. The van der Waals surface area contributed by atoms with Gasteiger partial charge in [0.2, 0.25) is 5.89 Å². The molecule has 2 rings (SSSR count). The van der Waals surface area contributed by atoms with Crippen LogP contribution in [0.5, 0.6) is 0 Å². The maximum Gasteiger partial charge on any atom is 0.231 e. The molecule has 0 spiro atoms. The van der Waals surface area contributed by atoms with Gasteiger partial charge in [-0.25, -0.2) is 0 Å². The van der Waals surface area contributed by atoms with Gasteiger partial charge in [0.1, 0.15) is 0 Å². The van der Waals surface area contributed by atoms with Crippen LogP contribution in [0.3, 0.4) is 0 Å². The van der Waals surface area contributed by atoms with E-state index >= 15 is 0 Å². The number of nitrogens with zero attached hydrogens (tertiary/aromatic N) is 2. The van der Waals surface area contributed by atoms with Crippen LogP contribution in [0.25, 0.3) is 0 Å². The summed E-state index contributed by atoms with van der Waals surface area (Å²) in [4.78, 5) is 4.27. The Morgan fingerprint density at radius 1 is 1.54 bits per heavy atom. The molecule has 0 aliphatic carbocycles. The fraction of sp³-hybridized carbons (Fsp3) is 0.778. The van der Waals surface area contributed by atoms with E-state index in [2.05, 4.69) is 22.4 Å². The molecule has 2 unspecified atom stereocenters. The van der Waals surface area contributed by atoms with Crippen LogP contribution in [-0.4, -0.2) is 23.2 Å². The Hall–Kier alpha value is -0.900. The molecular formula is C9H15N3O. The third-order valence-corrected chi connectivity index (χ3v) is 2.69. The lowest BCUT2D eigenvalue weighted by Gasteiger charge is -2.26. The van der Waals surface area contributed by atoms with E-state index in [9.17, 15) is 0 Å². The third kappa shape index (κ3) is 1.72. The minimum absolute atomic E-state index is 0.398. The molecule has 72 valence electrons. The van der Waals surface area contributed by atoms with Gasteiger partial charge in [0.25, 0.3) is 0 Å². The largest absolute Gasteiger partial charge is 0.339 e. The SMILES string of the molecule is Cc1noc(C2CNCCC2C)n1. The Bertz CT molecular complexity index is 284. The Morgan fingerprint density at radius 2 is 2.38 bits per heavy atom. The maximum atomic E-state index is 5.17. The van der Waals surface area contributed by atoms with Crippen molar-refractivity contribution in [3.63, 3.8) is 0 Å². The fourth-order valence-electron chi connectivity index (χ4n) is 1.78. The molecule has 0 aromatic carbocycles. The smallest absolute Gasteiger partial charge is 0.231 e. The van der Waals surface area contributed by atoms with E-state index < -0.39 is 0 Å². The summed E-state index contributed by atoms with van der Waals surface area (Å²) in [5.74, 6) is 2.56. The van der Waals surface area contributed by atoms with Gasteiger partial charge >= 0.3 is 0 Å². The average molecular weight is 181 g/mol. The first kappa shape index (κ1) is 8.69. The highest BCUT2D eigenvalue weighted by Crippen LogP contribution is 2.27. The van der Waals surface area contributed by atoms with E-state index in [1.807, 2.05) is 6.92 Å². The first-order valence-corrected chi connectivity index (χ1v) is 4.78. The maximum absolute atomic E-state index is 5.17. The first-order chi connectivity index (χ1) is 6.27. The molecular weight excluding hydrogens is 166 g/mol. The van der Waals surface area contributed by atoms with Crippen molar-refractivity contribution < 1.29 is 4.52 Å². The van der Waals surface area contributed by atoms with Crippen molar-refractivity contribution in [3.8, 4) is 0 Å². The second-order valence-electron chi connectivity index (χ2n) is 3.76. The Kier molecular flexibility index (Phi) is 2.31. The molecule has 2 atom stereocenters. The summed E-state index contributed by atoms with van der Waals surface area (Å²) < 4.78 is 5.17. The number of piperidine rings is 1. The summed E-state index contributed by atoms with van der Waals surface area (Å²) in [6.07, 6.45) is 1.19. The fourth-order valence-corrected chi connectivity index (χ4v) is 1.78. The monoisotopic (exact) mass is 181 g/mol. The summed E-state index contributed by atoms with van der Waals surface area (Å²) in [6.45, 7) is 6.16. The number of hydrogen-bond donors (Lipinski definition) is 1. The molecule has 2 heterocycles. The summed E-state index contributed by atoms with van der Waals surface area (Å²) in [7, 11) is 0. The van der Waals surface area contributed by atoms with Gasteiger partial charge in [-0.15, -0.1) is 0 Å². The molecule has 1 aliphatic rings. The van der Waals surface area contributed by atoms with Gasteiger partial charge in [-0.3, -0.25) is 0 Å². The lowest BCUT2D eigenvalue weighted by atomic mass is 9.88. The van der Waals surface area contributed by atoms with Crippen molar-refractivity contribution in [2.75, 3.05) is 13.1 Å². The minimum Gasteiger partial charge on any atom is -0.339 e. The molecule has 13 heavy (non-hydrogen) atoms. The lowest BCUT2D eigenvalue weighted by Crippen LogP contribution is -2.34. The van der Waals surface area contributed by atoms with Crippen LogP contribution < -0.4 is 5.32 Å². The third-order valence-electron chi connectivity index (χ3n) is 2.69. The van der Waals surface area contributed by atoms with Gasteiger partial charge in [-0.05, 0) is 25.8 Å². The van der Waals surface area contributed by atoms with E-state index in [0.29, 0.717) is 11.8 Å². The number of aryl methyl sites for hydroxylation is 1. The summed E-state index contributed by atoms with van der Waals surface area (Å²) >= 11 is 0. The second-order valence-corrected chi connectivity index (χ2v) is 3.76. The van der Waals surface area contributed by atoms with E-state index in [0.717, 1.165) is 24.8 Å². The van der Waals surface area contributed by atoms with E-state index in [1.54, 1.807) is 0 Å². The van der Waals surface area contributed by atoms with Crippen LogP contribution in [-0.2, 0) is 0 Å². The molecule has 1 N–H and O–H groups in total. The molecule has 0 bridgehead atoms. The normalized spacial score (nSPS) is 29.1. The van der Waals surface area contributed by atoms with Gasteiger partial charge in [-0.2, -0.15) is 4.98 Å². The quantitative estimate of drug-likeness (QED) is 0.704. The van der Waals surface area contributed by atoms with Gasteiger partial charge in [0.05, 0.1) is 5.92 Å². The lowest BCUT2D eigenvalue weighted by molar-refractivity contribution is 0.270. The molecule has 1 saturated heterocycles. The molecule has 1 fully saturated rings. The van der Waals surface area contributed by atoms with Crippen LogP contribution in [0.1, 0.15) is 31.0 Å². The number of nitrogens with one attached hydrogen (secondary N) is 1. The number of aromatic nitrogens is 2. The van der Waals surface area contributed by atoms with Crippen LogP contribution in [0.15, 0.2) is 4.52 Å². The van der Waals surface area contributed by atoms with Crippen molar-refractivity contribution >= 4 is 0 Å². The average Bonchev–Trinajstić information content (AvgIpc) is 2.53.